The minimum Gasteiger partial charge on any atom is -0.497 e. The number of morpholine rings is 1. The molecule has 0 radical (unpaired) electrons. The van der Waals surface area contributed by atoms with E-state index in [4.69, 9.17) is 9.47 Å². The second kappa shape index (κ2) is 6.20. The molecule has 21 heavy (non-hydrogen) atoms. The zero-order chi connectivity index (χ0) is 14.8. The number of anilines is 1. The van der Waals surface area contributed by atoms with Gasteiger partial charge in [-0.1, -0.05) is 15.9 Å². The third kappa shape index (κ3) is 2.85. The maximum Gasteiger partial charge on any atom is 0.136 e. The van der Waals surface area contributed by atoms with Crippen LogP contribution in [0.2, 0.25) is 0 Å². The monoisotopic (exact) mass is 350 g/mol. The van der Waals surface area contributed by atoms with E-state index in [2.05, 4.69) is 38.8 Å². The zero-order valence-electron chi connectivity index (χ0n) is 12.3. The lowest BCUT2D eigenvalue weighted by molar-refractivity contribution is 0.0378. The Kier molecular flexibility index (Phi) is 4.31. The van der Waals surface area contributed by atoms with Crippen LogP contribution in [0.3, 0.4) is 0 Å². The summed E-state index contributed by atoms with van der Waals surface area (Å²) >= 11 is 3.51. The molecule has 0 bridgehead atoms. The first-order chi connectivity index (χ1) is 10.2. The molecule has 2 heterocycles. The van der Waals surface area contributed by atoms with Crippen LogP contribution in [0.1, 0.15) is 6.92 Å². The van der Waals surface area contributed by atoms with Gasteiger partial charge in [0.05, 0.1) is 25.9 Å². The lowest BCUT2D eigenvalue weighted by Gasteiger charge is -2.38. The molecule has 0 amide bonds. The minimum atomic E-state index is 0.205. The highest BCUT2D eigenvalue weighted by molar-refractivity contribution is 9.09. The predicted octanol–water partition coefficient (Wildman–Crippen LogP) is 3.23. The molecule has 1 aromatic carbocycles. The van der Waals surface area contributed by atoms with Gasteiger partial charge >= 0.3 is 0 Å². The zero-order valence-corrected chi connectivity index (χ0v) is 13.8. The Bertz CT molecular complexity index is 635. The average Bonchev–Trinajstić information content (AvgIpc) is 2.54. The number of nitrogens with zero attached hydrogens (tertiary/aromatic N) is 2. The highest BCUT2D eigenvalue weighted by Crippen LogP contribution is 2.30. The van der Waals surface area contributed by atoms with Crippen LogP contribution in [0.5, 0.6) is 5.75 Å². The standard InChI is InChI=1S/C16H19BrN2O2/c1-11-10-21-14(8-17)9-19(11)16-15-4-3-13(20-2)7-12(15)5-6-18-16/h3-7,11,14H,8-10H2,1-2H3. The minimum absolute atomic E-state index is 0.205. The van der Waals surface area contributed by atoms with E-state index in [1.807, 2.05) is 24.4 Å². The fourth-order valence-corrected chi connectivity index (χ4v) is 3.09. The molecule has 3 rings (SSSR count). The molecule has 1 fully saturated rings. The van der Waals surface area contributed by atoms with Crippen molar-refractivity contribution in [2.24, 2.45) is 0 Å². The van der Waals surface area contributed by atoms with Gasteiger partial charge in [0, 0.05) is 23.5 Å². The van der Waals surface area contributed by atoms with Crippen LogP contribution in [0.15, 0.2) is 30.5 Å². The van der Waals surface area contributed by atoms with Crippen molar-refractivity contribution in [3.63, 3.8) is 0 Å². The van der Waals surface area contributed by atoms with Crippen molar-refractivity contribution in [1.29, 1.82) is 0 Å². The lowest BCUT2D eigenvalue weighted by Crippen LogP contribution is -2.49. The van der Waals surface area contributed by atoms with Crippen LogP contribution < -0.4 is 9.64 Å². The molecule has 1 aromatic heterocycles. The summed E-state index contributed by atoms with van der Waals surface area (Å²) in [6, 6.07) is 8.46. The Balaban J connectivity index is 2.02. The molecule has 1 saturated heterocycles. The summed E-state index contributed by atoms with van der Waals surface area (Å²) in [5.74, 6) is 1.89. The summed E-state index contributed by atoms with van der Waals surface area (Å²) < 4.78 is 11.1. The molecule has 0 N–H and O–H groups in total. The second-order valence-corrected chi connectivity index (χ2v) is 5.98. The van der Waals surface area contributed by atoms with E-state index >= 15 is 0 Å². The Morgan fingerprint density at radius 2 is 2.29 bits per heavy atom. The summed E-state index contributed by atoms with van der Waals surface area (Å²) in [5.41, 5.74) is 0. The number of pyridine rings is 1. The van der Waals surface area contributed by atoms with Crippen molar-refractivity contribution >= 4 is 32.5 Å². The fraction of sp³-hybridized carbons (Fsp3) is 0.438. The largest absolute Gasteiger partial charge is 0.497 e. The van der Waals surface area contributed by atoms with E-state index in [0.29, 0.717) is 6.04 Å². The van der Waals surface area contributed by atoms with Gasteiger partial charge < -0.3 is 14.4 Å². The normalized spacial score (nSPS) is 22.5. The number of fused-ring (bicyclic) bond motifs is 1. The number of hydrogen-bond donors (Lipinski definition) is 0. The van der Waals surface area contributed by atoms with Crippen LogP contribution in [0, 0.1) is 0 Å². The molecular weight excluding hydrogens is 332 g/mol. The smallest absolute Gasteiger partial charge is 0.136 e. The van der Waals surface area contributed by atoms with Crippen LogP contribution in [-0.4, -0.2) is 42.7 Å². The van der Waals surface area contributed by atoms with Gasteiger partial charge in [-0.05, 0) is 36.6 Å². The predicted molar refractivity (Wildman–Crippen MR) is 88.6 cm³/mol. The topological polar surface area (TPSA) is 34.6 Å². The van der Waals surface area contributed by atoms with Crippen molar-refractivity contribution in [3.05, 3.63) is 30.5 Å². The summed E-state index contributed by atoms with van der Waals surface area (Å²) in [4.78, 5) is 6.96. The number of benzene rings is 1. The van der Waals surface area contributed by atoms with E-state index in [9.17, 15) is 0 Å². The van der Waals surface area contributed by atoms with E-state index in [1.54, 1.807) is 7.11 Å². The van der Waals surface area contributed by atoms with Gasteiger partial charge in [0.25, 0.3) is 0 Å². The van der Waals surface area contributed by atoms with Gasteiger partial charge in [0.1, 0.15) is 11.6 Å². The van der Waals surface area contributed by atoms with Gasteiger partial charge in [0.15, 0.2) is 0 Å². The van der Waals surface area contributed by atoms with Crippen LogP contribution in [0.4, 0.5) is 5.82 Å². The van der Waals surface area contributed by atoms with Gasteiger partial charge in [-0.15, -0.1) is 0 Å². The average molecular weight is 351 g/mol. The van der Waals surface area contributed by atoms with E-state index < -0.39 is 0 Å². The maximum absolute atomic E-state index is 5.80. The van der Waals surface area contributed by atoms with E-state index in [0.717, 1.165) is 40.8 Å². The molecule has 5 heteroatoms. The van der Waals surface area contributed by atoms with Crippen molar-refractivity contribution in [2.75, 3.05) is 30.5 Å². The molecular formula is C16H19BrN2O2. The summed E-state index contributed by atoms with van der Waals surface area (Å²) in [7, 11) is 1.69. The second-order valence-electron chi connectivity index (χ2n) is 5.33. The van der Waals surface area contributed by atoms with E-state index in [1.165, 1.54) is 0 Å². The maximum atomic E-state index is 5.80. The summed E-state index contributed by atoms with van der Waals surface area (Å²) in [6.07, 6.45) is 2.07. The lowest BCUT2D eigenvalue weighted by atomic mass is 10.1. The van der Waals surface area contributed by atoms with Gasteiger partial charge in [-0.2, -0.15) is 0 Å². The third-order valence-electron chi connectivity index (χ3n) is 3.90. The van der Waals surface area contributed by atoms with Crippen LogP contribution >= 0.6 is 15.9 Å². The Hall–Kier alpha value is -1.33. The van der Waals surface area contributed by atoms with E-state index in [-0.39, 0.29) is 6.10 Å². The number of hydrogen-bond acceptors (Lipinski definition) is 4. The molecule has 2 atom stereocenters. The van der Waals surface area contributed by atoms with Crippen LogP contribution in [-0.2, 0) is 4.74 Å². The SMILES string of the molecule is COc1ccc2c(N3CC(CBr)OCC3C)nccc2c1. The van der Waals surface area contributed by atoms with Crippen molar-refractivity contribution in [2.45, 2.75) is 19.1 Å². The fourth-order valence-electron chi connectivity index (χ4n) is 2.70. The third-order valence-corrected chi connectivity index (χ3v) is 4.62. The molecule has 0 aliphatic carbocycles. The highest BCUT2D eigenvalue weighted by Gasteiger charge is 2.27. The molecule has 1 aliphatic rings. The molecule has 2 unspecified atom stereocenters. The number of alkyl halides is 1. The number of aromatic nitrogens is 1. The summed E-state index contributed by atoms with van der Waals surface area (Å²) in [5, 5.41) is 3.14. The number of methoxy groups -OCH3 is 1. The quantitative estimate of drug-likeness (QED) is 0.796. The van der Waals surface area contributed by atoms with Crippen molar-refractivity contribution in [3.8, 4) is 5.75 Å². The molecule has 0 spiro atoms. The van der Waals surface area contributed by atoms with Gasteiger partial charge in [-0.25, -0.2) is 4.98 Å². The molecule has 0 saturated carbocycles. The number of halogens is 1. The first-order valence-corrected chi connectivity index (χ1v) is 8.22. The Morgan fingerprint density at radius 1 is 1.43 bits per heavy atom. The molecule has 2 aromatic rings. The van der Waals surface area contributed by atoms with Crippen molar-refractivity contribution in [1.82, 2.24) is 4.98 Å². The summed E-state index contributed by atoms with van der Waals surface area (Å²) in [6.45, 7) is 3.75. The molecule has 112 valence electrons. The highest BCUT2D eigenvalue weighted by atomic mass is 79.9. The number of ether oxygens (including phenoxy) is 2. The number of rotatable bonds is 3. The molecule has 1 aliphatic heterocycles. The Morgan fingerprint density at radius 3 is 3.05 bits per heavy atom. The first-order valence-electron chi connectivity index (χ1n) is 7.10. The first kappa shape index (κ1) is 14.6. The molecule has 4 nitrogen and oxygen atoms in total. The van der Waals surface area contributed by atoms with Gasteiger partial charge in [-0.3, -0.25) is 0 Å². The Labute approximate surface area is 133 Å². The van der Waals surface area contributed by atoms with Crippen molar-refractivity contribution < 1.29 is 9.47 Å². The van der Waals surface area contributed by atoms with Crippen LogP contribution in [0.25, 0.3) is 10.8 Å². The van der Waals surface area contributed by atoms with Gasteiger partial charge in [0.2, 0.25) is 0 Å².